The van der Waals surface area contributed by atoms with Gasteiger partial charge in [0.2, 0.25) is 0 Å². The van der Waals surface area contributed by atoms with Gasteiger partial charge >= 0.3 is 0 Å². The van der Waals surface area contributed by atoms with Crippen LogP contribution in [-0.4, -0.2) is 18.9 Å². The van der Waals surface area contributed by atoms with Crippen molar-refractivity contribution in [3.63, 3.8) is 0 Å². The van der Waals surface area contributed by atoms with Crippen molar-refractivity contribution in [2.24, 2.45) is 5.41 Å². The first-order valence-electron chi connectivity index (χ1n) is 5.23. The van der Waals surface area contributed by atoms with Crippen LogP contribution in [0.1, 0.15) is 23.7 Å². The fraction of sp³-hybridized carbons (Fsp3) is 0.417. The monoisotopic (exact) mass is 225 g/mol. The molecule has 1 atom stereocenters. The molecule has 1 aromatic carbocycles. The number of ketones is 1. The molecule has 4 heteroatoms. The number of carbonyl (C=O) groups excluding carboxylic acids is 1. The minimum absolute atomic E-state index is 0.128. The van der Waals surface area contributed by atoms with Gasteiger partial charge in [-0.05, 0) is 31.2 Å². The zero-order valence-electron chi connectivity index (χ0n) is 9.02. The van der Waals surface area contributed by atoms with Gasteiger partial charge in [0, 0.05) is 17.5 Å². The van der Waals surface area contributed by atoms with Crippen molar-refractivity contribution in [1.82, 2.24) is 5.32 Å². The van der Waals surface area contributed by atoms with Crippen molar-refractivity contribution in [2.45, 2.75) is 13.3 Å². The number of hydrogen-bond acceptors (Lipinski definition) is 2. The van der Waals surface area contributed by atoms with Crippen molar-refractivity contribution in [3.8, 4) is 0 Å². The van der Waals surface area contributed by atoms with Crippen molar-refractivity contribution in [2.75, 3.05) is 13.1 Å². The predicted octanol–water partition coefficient (Wildman–Crippen LogP) is 2.15. The summed E-state index contributed by atoms with van der Waals surface area (Å²) in [5.74, 6) is -2.02. The lowest BCUT2D eigenvalue weighted by atomic mass is 9.81. The summed E-state index contributed by atoms with van der Waals surface area (Å²) in [6.07, 6.45) is 0.727. The Kier molecular flexibility index (Phi) is 2.76. The van der Waals surface area contributed by atoms with Gasteiger partial charge in [0.25, 0.3) is 0 Å². The second-order valence-corrected chi connectivity index (χ2v) is 4.45. The summed E-state index contributed by atoms with van der Waals surface area (Å²) in [7, 11) is 0. The summed E-state index contributed by atoms with van der Waals surface area (Å²) in [5, 5.41) is 3.10. The average molecular weight is 225 g/mol. The van der Waals surface area contributed by atoms with Gasteiger partial charge in [-0.1, -0.05) is 6.92 Å². The first-order valence-corrected chi connectivity index (χ1v) is 5.23. The lowest BCUT2D eigenvalue weighted by molar-refractivity contribution is 0.0839. The van der Waals surface area contributed by atoms with Crippen molar-refractivity contribution in [1.29, 1.82) is 0 Å². The molecule has 2 nitrogen and oxygen atoms in total. The maximum absolute atomic E-state index is 13.0. The topological polar surface area (TPSA) is 29.1 Å². The van der Waals surface area contributed by atoms with E-state index in [1.54, 1.807) is 0 Å². The third-order valence-electron chi connectivity index (χ3n) is 3.10. The normalized spacial score (nSPS) is 24.7. The lowest BCUT2D eigenvalue weighted by Crippen LogP contribution is -2.30. The molecular weight excluding hydrogens is 212 g/mol. The summed E-state index contributed by atoms with van der Waals surface area (Å²) in [4.78, 5) is 12.1. The molecule has 2 rings (SSSR count). The van der Waals surface area contributed by atoms with Crippen molar-refractivity contribution >= 4 is 5.78 Å². The van der Waals surface area contributed by atoms with Crippen LogP contribution in [0, 0.1) is 17.0 Å². The SMILES string of the molecule is CC1(C(=O)c2ccc(F)c(F)c2)CCNC1. The van der Waals surface area contributed by atoms with E-state index < -0.39 is 17.0 Å². The van der Waals surface area contributed by atoms with E-state index in [0.717, 1.165) is 25.1 Å². The predicted molar refractivity (Wildman–Crippen MR) is 56.3 cm³/mol. The summed E-state index contributed by atoms with van der Waals surface area (Å²) < 4.78 is 25.7. The van der Waals surface area contributed by atoms with E-state index >= 15 is 0 Å². The molecule has 1 aromatic rings. The van der Waals surface area contributed by atoms with Crippen LogP contribution < -0.4 is 5.32 Å². The highest BCUT2D eigenvalue weighted by atomic mass is 19.2. The van der Waals surface area contributed by atoms with Crippen LogP contribution in [0.5, 0.6) is 0 Å². The van der Waals surface area contributed by atoms with Crippen LogP contribution in [0.4, 0.5) is 8.78 Å². The smallest absolute Gasteiger partial charge is 0.170 e. The van der Waals surface area contributed by atoms with Gasteiger partial charge < -0.3 is 5.32 Å². The van der Waals surface area contributed by atoms with Gasteiger partial charge in [0.05, 0.1) is 0 Å². The van der Waals surface area contributed by atoms with Crippen LogP contribution in [0.3, 0.4) is 0 Å². The molecule has 1 aliphatic heterocycles. The standard InChI is InChI=1S/C12H13F2NO/c1-12(4-5-15-7-12)11(16)8-2-3-9(13)10(14)6-8/h2-3,6,15H,4-5,7H2,1H3. The Hall–Kier alpha value is -1.29. The minimum Gasteiger partial charge on any atom is -0.316 e. The van der Waals surface area contributed by atoms with E-state index in [9.17, 15) is 13.6 Å². The van der Waals surface area contributed by atoms with Gasteiger partial charge in [-0.2, -0.15) is 0 Å². The van der Waals surface area contributed by atoms with E-state index in [1.165, 1.54) is 6.07 Å². The summed E-state index contributed by atoms with van der Waals surface area (Å²) >= 11 is 0. The lowest BCUT2D eigenvalue weighted by Gasteiger charge is -2.20. The molecule has 0 bridgehead atoms. The van der Waals surface area contributed by atoms with Crippen molar-refractivity contribution < 1.29 is 13.6 Å². The maximum Gasteiger partial charge on any atom is 0.170 e. The number of halogens is 2. The molecule has 1 fully saturated rings. The Labute approximate surface area is 92.7 Å². The van der Waals surface area contributed by atoms with Crippen LogP contribution >= 0.6 is 0 Å². The van der Waals surface area contributed by atoms with Gasteiger partial charge in [-0.15, -0.1) is 0 Å². The van der Waals surface area contributed by atoms with Gasteiger partial charge in [0.1, 0.15) is 0 Å². The molecule has 1 unspecified atom stereocenters. The zero-order valence-corrected chi connectivity index (χ0v) is 9.02. The number of nitrogens with one attached hydrogen (secondary N) is 1. The van der Waals surface area contributed by atoms with Crippen LogP contribution in [0.25, 0.3) is 0 Å². The maximum atomic E-state index is 13.0. The second-order valence-electron chi connectivity index (χ2n) is 4.45. The average Bonchev–Trinajstić information content (AvgIpc) is 2.70. The van der Waals surface area contributed by atoms with Gasteiger partial charge in [-0.25, -0.2) is 8.78 Å². The van der Waals surface area contributed by atoms with Crippen LogP contribution in [0.15, 0.2) is 18.2 Å². The van der Waals surface area contributed by atoms with E-state index in [4.69, 9.17) is 0 Å². The summed E-state index contributed by atoms with van der Waals surface area (Å²) in [6, 6.07) is 3.31. The molecule has 1 N–H and O–H groups in total. The third kappa shape index (κ3) is 1.85. The third-order valence-corrected chi connectivity index (χ3v) is 3.10. The van der Waals surface area contributed by atoms with E-state index in [2.05, 4.69) is 5.32 Å². The molecule has 86 valence electrons. The fourth-order valence-electron chi connectivity index (χ4n) is 2.00. The van der Waals surface area contributed by atoms with Gasteiger partial charge in [0.15, 0.2) is 17.4 Å². The Balaban J connectivity index is 2.30. The molecule has 0 spiro atoms. The summed E-state index contributed by atoms with van der Waals surface area (Å²) in [5.41, 5.74) is -0.255. The Bertz CT molecular complexity index is 425. The molecule has 0 aliphatic carbocycles. The summed E-state index contributed by atoms with van der Waals surface area (Å²) in [6.45, 7) is 3.22. The largest absolute Gasteiger partial charge is 0.316 e. The second kappa shape index (κ2) is 3.94. The Morgan fingerprint density at radius 1 is 1.38 bits per heavy atom. The van der Waals surface area contributed by atoms with E-state index in [-0.39, 0.29) is 11.3 Å². The first-order chi connectivity index (χ1) is 7.53. The number of hydrogen-bond donors (Lipinski definition) is 1. The molecule has 1 saturated heterocycles. The molecule has 0 saturated carbocycles. The highest BCUT2D eigenvalue weighted by molar-refractivity contribution is 6.00. The Morgan fingerprint density at radius 2 is 2.12 bits per heavy atom. The minimum atomic E-state index is -0.972. The van der Waals surface area contributed by atoms with Crippen LogP contribution in [-0.2, 0) is 0 Å². The molecule has 1 heterocycles. The van der Waals surface area contributed by atoms with Crippen molar-refractivity contribution in [3.05, 3.63) is 35.4 Å². The zero-order chi connectivity index (χ0) is 11.8. The molecule has 0 aromatic heterocycles. The van der Waals surface area contributed by atoms with E-state index in [0.29, 0.717) is 6.54 Å². The molecular formula is C12H13F2NO. The Morgan fingerprint density at radius 3 is 2.69 bits per heavy atom. The quantitative estimate of drug-likeness (QED) is 0.781. The number of benzene rings is 1. The highest BCUT2D eigenvalue weighted by Gasteiger charge is 2.36. The highest BCUT2D eigenvalue weighted by Crippen LogP contribution is 2.29. The number of rotatable bonds is 2. The molecule has 1 aliphatic rings. The fourth-order valence-corrected chi connectivity index (χ4v) is 2.00. The number of Topliss-reactive ketones (excluding diaryl/α,β-unsaturated/α-hetero) is 1. The van der Waals surface area contributed by atoms with Gasteiger partial charge in [-0.3, -0.25) is 4.79 Å². The first kappa shape index (κ1) is 11.2. The van der Waals surface area contributed by atoms with E-state index in [1.807, 2.05) is 6.92 Å². The molecule has 0 radical (unpaired) electrons. The molecule has 16 heavy (non-hydrogen) atoms. The number of carbonyl (C=O) groups is 1. The van der Waals surface area contributed by atoms with Crippen LogP contribution in [0.2, 0.25) is 0 Å². The molecule has 0 amide bonds.